The molecule has 5 nitrogen and oxygen atoms in total. The molecule has 0 bridgehead atoms. The second-order valence-electron chi connectivity index (χ2n) is 3.66. The zero-order chi connectivity index (χ0) is 10.9. The van der Waals surface area contributed by atoms with Crippen LogP contribution in [0.1, 0.15) is 18.7 Å². The van der Waals surface area contributed by atoms with E-state index in [1.165, 1.54) is 5.41 Å². The number of aromatic nitrogens is 2. The van der Waals surface area contributed by atoms with Gasteiger partial charge in [-0.3, -0.25) is 5.10 Å². The number of aromatic amines is 1. The van der Waals surface area contributed by atoms with Gasteiger partial charge in [-0.15, -0.1) is 0 Å². The lowest BCUT2D eigenvalue weighted by molar-refractivity contribution is 0.524. The predicted molar refractivity (Wildman–Crippen MR) is 56.9 cm³/mol. The molecule has 0 saturated carbocycles. The molecule has 2 rings (SSSR count). The monoisotopic (exact) mass is 227 g/mol. The Hall–Kier alpha value is -1.14. The van der Waals surface area contributed by atoms with Crippen molar-refractivity contribution in [2.75, 3.05) is 5.75 Å². The molecule has 1 aromatic heterocycles. The largest absolute Gasteiger partial charge is 0.301 e. The van der Waals surface area contributed by atoms with Gasteiger partial charge < -0.3 is 5.32 Å². The van der Waals surface area contributed by atoms with E-state index in [0.717, 1.165) is 5.69 Å². The van der Waals surface area contributed by atoms with Gasteiger partial charge in [0.25, 0.3) is 0 Å². The first-order valence-corrected chi connectivity index (χ1v) is 6.45. The highest BCUT2D eigenvalue weighted by molar-refractivity contribution is 7.94. The molecule has 0 fully saturated rings. The molecule has 2 atom stereocenters. The van der Waals surface area contributed by atoms with E-state index < -0.39 is 9.84 Å². The zero-order valence-corrected chi connectivity index (χ0v) is 9.16. The quantitative estimate of drug-likeness (QED) is 0.782. The van der Waals surface area contributed by atoms with Crippen LogP contribution in [-0.2, 0) is 9.84 Å². The minimum Gasteiger partial charge on any atom is -0.301 e. The van der Waals surface area contributed by atoms with Crippen molar-refractivity contribution in [1.82, 2.24) is 15.5 Å². The molecule has 15 heavy (non-hydrogen) atoms. The second kappa shape index (κ2) is 3.79. The molecule has 82 valence electrons. The molecule has 2 N–H and O–H groups in total. The van der Waals surface area contributed by atoms with Gasteiger partial charge >= 0.3 is 0 Å². The summed E-state index contributed by atoms with van der Waals surface area (Å²) in [5.74, 6) is 0.144. The van der Waals surface area contributed by atoms with Crippen LogP contribution >= 0.6 is 0 Å². The zero-order valence-electron chi connectivity index (χ0n) is 8.34. The molecule has 0 amide bonds. The van der Waals surface area contributed by atoms with E-state index in [2.05, 4.69) is 15.5 Å². The van der Waals surface area contributed by atoms with Crippen LogP contribution in [0.5, 0.6) is 0 Å². The summed E-state index contributed by atoms with van der Waals surface area (Å²) in [6.45, 7) is 1.96. The van der Waals surface area contributed by atoms with Crippen molar-refractivity contribution in [3.05, 3.63) is 29.4 Å². The van der Waals surface area contributed by atoms with Crippen LogP contribution in [0.25, 0.3) is 0 Å². The van der Waals surface area contributed by atoms with E-state index in [4.69, 9.17) is 0 Å². The fraction of sp³-hybridized carbons (Fsp3) is 0.444. The second-order valence-corrected chi connectivity index (χ2v) is 5.60. The van der Waals surface area contributed by atoms with E-state index in [1.54, 1.807) is 12.3 Å². The van der Waals surface area contributed by atoms with Gasteiger partial charge in [0, 0.05) is 23.7 Å². The van der Waals surface area contributed by atoms with Crippen molar-refractivity contribution in [2.45, 2.75) is 19.0 Å². The summed E-state index contributed by atoms with van der Waals surface area (Å²) in [5, 5.41) is 11.2. The summed E-state index contributed by atoms with van der Waals surface area (Å²) in [7, 11) is -2.98. The molecule has 0 radical (unpaired) electrons. The minimum atomic E-state index is -2.98. The first kappa shape index (κ1) is 10.4. The van der Waals surface area contributed by atoms with Gasteiger partial charge in [0.2, 0.25) is 0 Å². The van der Waals surface area contributed by atoms with Gasteiger partial charge in [0.1, 0.15) is 0 Å². The third kappa shape index (κ3) is 2.45. The third-order valence-corrected chi connectivity index (χ3v) is 3.78. The molecule has 0 aliphatic carbocycles. The van der Waals surface area contributed by atoms with Crippen LogP contribution in [0.3, 0.4) is 0 Å². The Kier molecular flexibility index (Phi) is 2.62. The summed E-state index contributed by atoms with van der Waals surface area (Å²) < 4.78 is 22.3. The van der Waals surface area contributed by atoms with E-state index >= 15 is 0 Å². The molecule has 1 aromatic rings. The molecule has 2 unspecified atom stereocenters. The van der Waals surface area contributed by atoms with Gasteiger partial charge in [0.05, 0.1) is 11.4 Å². The maximum absolute atomic E-state index is 11.2. The lowest BCUT2D eigenvalue weighted by Gasteiger charge is -2.15. The fourth-order valence-corrected chi connectivity index (χ4v) is 2.85. The first-order chi connectivity index (χ1) is 7.07. The van der Waals surface area contributed by atoms with Gasteiger partial charge in [-0.05, 0) is 13.0 Å². The molecular weight excluding hydrogens is 214 g/mol. The van der Waals surface area contributed by atoms with Crippen molar-refractivity contribution in [2.24, 2.45) is 0 Å². The lowest BCUT2D eigenvalue weighted by atomic mass is 10.2. The molecule has 0 saturated heterocycles. The number of hydrogen-bond donors (Lipinski definition) is 2. The molecule has 0 aromatic carbocycles. The maximum Gasteiger partial charge on any atom is 0.173 e. The molecule has 2 heterocycles. The summed E-state index contributed by atoms with van der Waals surface area (Å²) in [6.07, 6.45) is 3.36. The van der Waals surface area contributed by atoms with Crippen LogP contribution < -0.4 is 5.32 Å². The summed E-state index contributed by atoms with van der Waals surface area (Å²) in [6, 6.07) is 1.83. The van der Waals surface area contributed by atoms with Crippen LogP contribution in [0, 0.1) is 0 Å². The number of nitrogens with one attached hydrogen (secondary N) is 2. The van der Waals surface area contributed by atoms with E-state index in [0.29, 0.717) is 0 Å². The molecule has 6 heteroatoms. The smallest absolute Gasteiger partial charge is 0.173 e. The van der Waals surface area contributed by atoms with Gasteiger partial charge in [0.15, 0.2) is 9.84 Å². The van der Waals surface area contributed by atoms with Crippen molar-refractivity contribution in [3.8, 4) is 0 Å². The van der Waals surface area contributed by atoms with Gasteiger partial charge in [-0.2, -0.15) is 5.10 Å². The molecule has 1 aliphatic rings. The van der Waals surface area contributed by atoms with Crippen LogP contribution in [0.4, 0.5) is 0 Å². The van der Waals surface area contributed by atoms with Crippen molar-refractivity contribution < 1.29 is 8.42 Å². The summed E-state index contributed by atoms with van der Waals surface area (Å²) in [4.78, 5) is 0. The first-order valence-electron chi connectivity index (χ1n) is 4.73. The number of sulfone groups is 1. The lowest BCUT2D eigenvalue weighted by Crippen LogP contribution is -2.32. The van der Waals surface area contributed by atoms with Crippen LogP contribution in [0.15, 0.2) is 23.7 Å². The van der Waals surface area contributed by atoms with E-state index in [1.807, 2.05) is 13.0 Å². The standard InChI is InChI=1S/C9H13N3O2S/c1-7(9-2-4-10-12-9)11-8-3-5-15(13,14)6-8/h2-5,7-8,11H,6H2,1H3,(H,10,12). The fourth-order valence-electron chi connectivity index (χ4n) is 1.60. The summed E-state index contributed by atoms with van der Waals surface area (Å²) >= 11 is 0. The molecule has 0 spiro atoms. The highest BCUT2D eigenvalue weighted by atomic mass is 32.2. The average Bonchev–Trinajstić information content (AvgIpc) is 2.74. The number of rotatable bonds is 3. The maximum atomic E-state index is 11.2. The number of H-pyrrole nitrogens is 1. The van der Waals surface area contributed by atoms with Gasteiger partial charge in [-0.25, -0.2) is 8.42 Å². The Balaban J connectivity index is 1.97. The highest BCUT2D eigenvalue weighted by Gasteiger charge is 2.23. The Bertz CT molecular complexity index is 450. The Morgan fingerprint density at radius 1 is 1.67 bits per heavy atom. The van der Waals surface area contributed by atoms with Crippen molar-refractivity contribution in [1.29, 1.82) is 0 Å². The minimum absolute atomic E-state index is 0.0652. The third-order valence-electron chi connectivity index (χ3n) is 2.38. The van der Waals surface area contributed by atoms with Crippen molar-refractivity contribution >= 4 is 9.84 Å². The number of hydrogen-bond acceptors (Lipinski definition) is 4. The highest BCUT2D eigenvalue weighted by Crippen LogP contribution is 2.14. The topological polar surface area (TPSA) is 74.8 Å². The Morgan fingerprint density at radius 3 is 3.00 bits per heavy atom. The summed E-state index contributed by atoms with van der Waals surface area (Å²) in [5.41, 5.74) is 0.952. The van der Waals surface area contributed by atoms with Crippen LogP contribution in [0.2, 0.25) is 0 Å². The van der Waals surface area contributed by atoms with Crippen LogP contribution in [-0.4, -0.2) is 30.4 Å². The Morgan fingerprint density at radius 2 is 2.47 bits per heavy atom. The molecule has 1 aliphatic heterocycles. The number of nitrogens with zero attached hydrogens (tertiary/aromatic N) is 1. The van der Waals surface area contributed by atoms with E-state index in [-0.39, 0.29) is 17.8 Å². The Labute approximate surface area is 88.5 Å². The molecular formula is C9H13N3O2S. The normalized spacial score (nSPS) is 25.5. The SMILES string of the molecule is CC(NC1C=CS(=O)(=O)C1)c1ccn[nH]1. The van der Waals surface area contributed by atoms with E-state index in [9.17, 15) is 8.42 Å². The predicted octanol–water partition coefficient (Wildman–Crippen LogP) is 0.371. The van der Waals surface area contributed by atoms with Crippen molar-refractivity contribution in [3.63, 3.8) is 0 Å². The average molecular weight is 227 g/mol. The van der Waals surface area contributed by atoms with Gasteiger partial charge in [-0.1, -0.05) is 6.08 Å².